The largest absolute Gasteiger partial charge is 0.329 e. The van der Waals surface area contributed by atoms with Crippen LogP contribution in [-0.4, -0.2) is 14.5 Å². The van der Waals surface area contributed by atoms with Gasteiger partial charge in [-0.3, -0.25) is 4.98 Å². The minimum Gasteiger partial charge on any atom is -0.329 e. The van der Waals surface area contributed by atoms with Gasteiger partial charge in [0.05, 0.1) is 17.2 Å². The summed E-state index contributed by atoms with van der Waals surface area (Å²) in [6.45, 7) is 4.42. The van der Waals surface area contributed by atoms with Crippen molar-refractivity contribution in [3.8, 4) is 0 Å². The van der Waals surface area contributed by atoms with Crippen molar-refractivity contribution in [2.75, 3.05) is 0 Å². The summed E-state index contributed by atoms with van der Waals surface area (Å²) in [5.41, 5.74) is 2.20. The van der Waals surface area contributed by atoms with E-state index in [1.807, 2.05) is 18.5 Å². The second-order valence-corrected chi connectivity index (χ2v) is 4.43. The number of imidazole rings is 1. The summed E-state index contributed by atoms with van der Waals surface area (Å²) >= 11 is 5.39. The number of aromatic amines is 1. The van der Waals surface area contributed by atoms with Crippen LogP contribution in [0.1, 0.15) is 39.2 Å². The number of aromatic nitrogens is 3. The van der Waals surface area contributed by atoms with Crippen molar-refractivity contribution < 1.29 is 0 Å². The van der Waals surface area contributed by atoms with E-state index in [1.54, 1.807) is 0 Å². The Balaban J connectivity index is 2.57. The van der Waals surface area contributed by atoms with Crippen LogP contribution in [-0.2, 0) is 0 Å². The van der Waals surface area contributed by atoms with Gasteiger partial charge in [0.1, 0.15) is 0 Å². The molecule has 2 aromatic rings. The highest BCUT2D eigenvalue weighted by Crippen LogP contribution is 2.24. The molecule has 0 saturated heterocycles. The first-order chi connectivity index (χ1) is 7.77. The van der Waals surface area contributed by atoms with Crippen LogP contribution in [0.25, 0.3) is 11.0 Å². The van der Waals surface area contributed by atoms with Crippen molar-refractivity contribution in [1.82, 2.24) is 14.5 Å². The molecule has 86 valence electrons. The van der Waals surface area contributed by atoms with E-state index in [9.17, 15) is 0 Å². The summed E-state index contributed by atoms with van der Waals surface area (Å²) in [7, 11) is 0. The van der Waals surface area contributed by atoms with Gasteiger partial charge in [-0.05, 0) is 31.1 Å². The van der Waals surface area contributed by atoms with Crippen molar-refractivity contribution >= 4 is 23.3 Å². The number of nitrogens with one attached hydrogen (secondary N) is 1. The maximum absolute atomic E-state index is 5.39. The van der Waals surface area contributed by atoms with E-state index in [0.717, 1.165) is 16.7 Å². The molecule has 0 radical (unpaired) electrons. The lowest BCUT2D eigenvalue weighted by Gasteiger charge is -2.16. The number of rotatable bonds is 4. The fraction of sp³-hybridized carbons (Fsp3) is 0.500. The molecular formula is C12H17N3S. The number of H-pyrrole nitrogens is 1. The maximum atomic E-state index is 5.39. The van der Waals surface area contributed by atoms with Crippen LogP contribution in [0.2, 0.25) is 0 Å². The van der Waals surface area contributed by atoms with Crippen LogP contribution in [0, 0.1) is 4.77 Å². The molecule has 1 unspecified atom stereocenters. The summed E-state index contributed by atoms with van der Waals surface area (Å²) in [5.74, 6) is 0. The molecule has 0 aliphatic heterocycles. The van der Waals surface area contributed by atoms with E-state index in [-0.39, 0.29) is 0 Å². The van der Waals surface area contributed by atoms with Crippen LogP contribution >= 0.6 is 12.2 Å². The second kappa shape index (κ2) is 4.78. The molecule has 2 heterocycles. The molecule has 2 aromatic heterocycles. The molecule has 0 aliphatic carbocycles. The average molecular weight is 235 g/mol. The lowest BCUT2D eigenvalue weighted by atomic mass is 10.1. The van der Waals surface area contributed by atoms with Gasteiger partial charge in [0.2, 0.25) is 0 Å². The summed E-state index contributed by atoms with van der Waals surface area (Å²) in [6.07, 6.45) is 7.11. The molecule has 0 amide bonds. The molecule has 4 heteroatoms. The molecular weight excluding hydrogens is 218 g/mol. The average Bonchev–Trinajstić information content (AvgIpc) is 2.62. The zero-order valence-corrected chi connectivity index (χ0v) is 10.5. The summed E-state index contributed by atoms with van der Waals surface area (Å²) in [5, 5.41) is 0. The van der Waals surface area contributed by atoms with E-state index < -0.39 is 0 Å². The molecule has 0 aromatic carbocycles. The van der Waals surface area contributed by atoms with E-state index in [2.05, 4.69) is 28.4 Å². The maximum Gasteiger partial charge on any atom is 0.178 e. The molecule has 0 saturated carbocycles. The van der Waals surface area contributed by atoms with Gasteiger partial charge in [-0.25, -0.2) is 0 Å². The molecule has 0 spiro atoms. The van der Waals surface area contributed by atoms with Gasteiger partial charge in [-0.15, -0.1) is 0 Å². The normalized spacial score (nSPS) is 13.1. The summed E-state index contributed by atoms with van der Waals surface area (Å²) < 4.78 is 3.04. The van der Waals surface area contributed by atoms with Crippen molar-refractivity contribution in [2.24, 2.45) is 0 Å². The van der Waals surface area contributed by atoms with Crippen molar-refractivity contribution in [2.45, 2.75) is 39.2 Å². The van der Waals surface area contributed by atoms with Crippen LogP contribution in [0.3, 0.4) is 0 Å². The SMILES string of the molecule is CCCC(CC)n1c(=S)[nH]c2cnccc21. The molecule has 1 atom stereocenters. The van der Waals surface area contributed by atoms with Gasteiger partial charge >= 0.3 is 0 Å². The van der Waals surface area contributed by atoms with Gasteiger partial charge in [-0.1, -0.05) is 20.3 Å². The topological polar surface area (TPSA) is 33.6 Å². The van der Waals surface area contributed by atoms with Crippen LogP contribution in [0.5, 0.6) is 0 Å². The van der Waals surface area contributed by atoms with E-state index in [4.69, 9.17) is 12.2 Å². The van der Waals surface area contributed by atoms with E-state index in [1.165, 1.54) is 18.4 Å². The Hall–Kier alpha value is -1.16. The van der Waals surface area contributed by atoms with Crippen molar-refractivity contribution in [3.63, 3.8) is 0 Å². The van der Waals surface area contributed by atoms with Gasteiger partial charge in [0.25, 0.3) is 0 Å². The Labute approximate surface area is 101 Å². The van der Waals surface area contributed by atoms with Crippen molar-refractivity contribution in [3.05, 3.63) is 23.2 Å². The molecule has 2 rings (SSSR count). The number of nitrogens with zero attached hydrogens (tertiary/aromatic N) is 2. The lowest BCUT2D eigenvalue weighted by molar-refractivity contribution is 0.454. The zero-order valence-electron chi connectivity index (χ0n) is 9.73. The van der Waals surface area contributed by atoms with Crippen LogP contribution in [0.15, 0.2) is 18.5 Å². The Kier molecular flexibility index (Phi) is 3.39. The number of pyridine rings is 1. The highest BCUT2D eigenvalue weighted by Gasteiger charge is 2.12. The number of hydrogen-bond donors (Lipinski definition) is 1. The molecule has 0 bridgehead atoms. The molecule has 1 N–H and O–H groups in total. The minimum absolute atomic E-state index is 0.494. The molecule has 3 nitrogen and oxygen atoms in total. The van der Waals surface area contributed by atoms with E-state index in [0.29, 0.717) is 6.04 Å². The zero-order chi connectivity index (χ0) is 11.5. The second-order valence-electron chi connectivity index (χ2n) is 4.04. The Bertz CT molecular complexity index is 526. The van der Waals surface area contributed by atoms with Gasteiger partial charge in [0.15, 0.2) is 4.77 Å². The predicted molar refractivity (Wildman–Crippen MR) is 69.2 cm³/mol. The first kappa shape index (κ1) is 11.3. The van der Waals surface area contributed by atoms with Gasteiger partial charge < -0.3 is 9.55 Å². The predicted octanol–water partition coefficient (Wildman–Crippen LogP) is 3.85. The van der Waals surface area contributed by atoms with E-state index >= 15 is 0 Å². The smallest absolute Gasteiger partial charge is 0.178 e. The number of hydrogen-bond acceptors (Lipinski definition) is 2. The first-order valence-electron chi connectivity index (χ1n) is 5.82. The van der Waals surface area contributed by atoms with Crippen LogP contribution < -0.4 is 0 Å². The third-order valence-electron chi connectivity index (χ3n) is 2.98. The van der Waals surface area contributed by atoms with Crippen LogP contribution in [0.4, 0.5) is 0 Å². The van der Waals surface area contributed by atoms with Crippen molar-refractivity contribution in [1.29, 1.82) is 0 Å². The lowest BCUT2D eigenvalue weighted by Crippen LogP contribution is -2.07. The fourth-order valence-electron chi connectivity index (χ4n) is 2.19. The van der Waals surface area contributed by atoms with Gasteiger partial charge in [0, 0.05) is 12.2 Å². The third-order valence-corrected chi connectivity index (χ3v) is 3.28. The monoisotopic (exact) mass is 235 g/mol. The Morgan fingerprint density at radius 2 is 2.31 bits per heavy atom. The molecule has 16 heavy (non-hydrogen) atoms. The van der Waals surface area contributed by atoms with Gasteiger partial charge in [-0.2, -0.15) is 0 Å². The Morgan fingerprint density at radius 1 is 1.50 bits per heavy atom. The third kappa shape index (κ3) is 1.89. The quantitative estimate of drug-likeness (QED) is 0.817. The first-order valence-corrected chi connectivity index (χ1v) is 6.23. The molecule has 0 aliphatic rings. The highest BCUT2D eigenvalue weighted by atomic mass is 32.1. The highest BCUT2D eigenvalue weighted by molar-refractivity contribution is 7.71. The summed E-state index contributed by atoms with van der Waals surface area (Å²) in [4.78, 5) is 7.32. The molecule has 0 fully saturated rings. The number of fused-ring (bicyclic) bond motifs is 1. The standard InChI is InChI=1S/C12H17N3S/c1-3-5-9(4-2)15-11-6-7-13-8-10(11)14-12(15)16/h6-9H,3-5H2,1-2H3,(H,14,16). The summed E-state index contributed by atoms with van der Waals surface area (Å²) in [6, 6.07) is 2.52. The minimum atomic E-state index is 0.494. The fourth-order valence-corrected chi connectivity index (χ4v) is 2.55. The Morgan fingerprint density at radius 3 is 3.00 bits per heavy atom.